The van der Waals surface area contributed by atoms with E-state index in [1.165, 1.54) is 38.5 Å². The van der Waals surface area contributed by atoms with E-state index in [1.807, 2.05) is 6.07 Å². The summed E-state index contributed by atoms with van der Waals surface area (Å²) in [6.07, 6.45) is 14.5. The first-order chi connectivity index (χ1) is 16.6. The van der Waals surface area contributed by atoms with Crippen LogP contribution in [0.2, 0.25) is 0 Å². The van der Waals surface area contributed by atoms with Crippen molar-refractivity contribution >= 4 is 11.7 Å². The van der Waals surface area contributed by atoms with Gasteiger partial charge >= 0.3 is 0 Å². The first-order valence-electron chi connectivity index (χ1n) is 12.8. The van der Waals surface area contributed by atoms with Crippen molar-refractivity contribution in [2.24, 2.45) is 0 Å². The molecule has 1 aliphatic heterocycles. The van der Waals surface area contributed by atoms with E-state index >= 15 is 0 Å². The lowest BCUT2D eigenvalue weighted by molar-refractivity contribution is -0.757. The highest BCUT2D eigenvalue weighted by atomic mass is 16.9. The Morgan fingerprint density at radius 1 is 1.00 bits per heavy atom. The largest absolute Gasteiger partial charge is 0.354 e. The van der Waals surface area contributed by atoms with Gasteiger partial charge in [-0.25, -0.2) is 10.0 Å². The van der Waals surface area contributed by atoms with Crippen LogP contribution >= 0.6 is 0 Å². The fourth-order valence-electron chi connectivity index (χ4n) is 4.11. The monoisotopic (exact) mass is 479 g/mol. The first-order valence-corrected chi connectivity index (χ1v) is 12.8. The molecule has 10 nitrogen and oxygen atoms in total. The van der Waals surface area contributed by atoms with E-state index < -0.39 is 11.0 Å². The van der Waals surface area contributed by atoms with Crippen LogP contribution in [0.15, 0.2) is 18.3 Å². The normalized spacial score (nSPS) is 13.6. The van der Waals surface area contributed by atoms with Crippen LogP contribution in [-0.4, -0.2) is 65.6 Å². The molecule has 0 aliphatic carbocycles. The number of amides is 1. The van der Waals surface area contributed by atoms with E-state index in [0.29, 0.717) is 12.1 Å². The molecule has 1 aliphatic rings. The molecule has 1 aromatic rings. The number of carbonyl (C=O) groups excluding carboxylic acids is 1. The number of nitrogens with one attached hydrogen (secondary N) is 1. The van der Waals surface area contributed by atoms with Crippen molar-refractivity contribution in [3.63, 3.8) is 0 Å². The predicted octanol–water partition coefficient (Wildman–Crippen LogP) is 4.21. The minimum absolute atomic E-state index is 0.205. The van der Waals surface area contributed by atoms with Crippen molar-refractivity contribution in [3.05, 3.63) is 34.0 Å². The molecule has 2 heterocycles. The molecule has 1 amide bonds. The van der Waals surface area contributed by atoms with Gasteiger partial charge in [0.1, 0.15) is 5.82 Å². The van der Waals surface area contributed by atoms with Gasteiger partial charge in [-0.05, 0) is 25.0 Å². The van der Waals surface area contributed by atoms with Crippen LogP contribution in [0.1, 0.15) is 87.4 Å². The van der Waals surface area contributed by atoms with Gasteiger partial charge in [0.2, 0.25) is 0 Å². The smallest absolute Gasteiger partial charge is 0.294 e. The van der Waals surface area contributed by atoms with Crippen LogP contribution in [0.3, 0.4) is 0 Å². The third-order valence-corrected chi connectivity index (χ3v) is 6.13. The second kappa shape index (κ2) is 17.0. The summed E-state index contributed by atoms with van der Waals surface area (Å²) in [4.78, 5) is 33.3. The Bertz CT molecular complexity index is 697. The van der Waals surface area contributed by atoms with E-state index in [1.54, 1.807) is 12.3 Å². The Labute approximate surface area is 202 Å². The lowest BCUT2D eigenvalue weighted by atomic mass is 10.1. The molecule has 0 aromatic carbocycles. The quantitative estimate of drug-likeness (QED) is 0.139. The van der Waals surface area contributed by atoms with Crippen molar-refractivity contribution in [1.29, 1.82) is 0 Å². The number of piperazine rings is 1. The fourth-order valence-corrected chi connectivity index (χ4v) is 4.11. The van der Waals surface area contributed by atoms with E-state index in [9.17, 15) is 20.1 Å². The maximum atomic E-state index is 12.4. The van der Waals surface area contributed by atoms with E-state index in [4.69, 9.17) is 0 Å². The molecule has 0 unspecified atom stereocenters. The fraction of sp³-hybridized carbons (Fsp3) is 0.750. The van der Waals surface area contributed by atoms with Gasteiger partial charge in [0.15, 0.2) is 0 Å². The number of pyridine rings is 1. The van der Waals surface area contributed by atoms with E-state index in [0.717, 1.165) is 75.6 Å². The molecule has 0 radical (unpaired) electrons. The number of hydrogen-bond donors (Lipinski definition) is 2. The van der Waals surface area contributed by atoms with Crippen molar-refractivity contribution < 1.29 is 19.9 Å². The maximum absolute atomic E-state index is 12.4. The molecule has 0 saturated carbocycles. The molecule has 34 heavy (non-hydrogen) atoms. The second-order valence-electron chi connectivity index (χ2n) is 8.87. The third-order valence-electron chi connectivity index (χ3n) is 6.13. The highest BCUT2D eigenvalue weighted by Crippen LogP contribution is 2.14. The molecule has 1 aromatic heterocycles. The zero-order valence-electron chi connectivity index (χ0n) is 20.3. The molecular weight excluding hydrogens is 438 g/mol. The Kier molecular flexibility index (Phi) is 13.9. The zero-order valence-corrected chi connectivity index (χ0v) is 20.3. The van der Waals surface area contributed by atoms with Gasteiger partial charge in [0.25, 0.3) is 11.0 Å². The van der Waals surface area contributed by atoms with Crippen LogP contribution in [0.5, 0.6) is 0 Å². The van der Waals surface area contributed by atoms with Gasteiger partial charge in [-0.3, -0.25) is 10.0 Å². The summed E-state index contributed by atoms with van der Waals surface area (Å²) in [5.41, 5.74) is 0.409. The number of unbranched alkanes of at least 4 members (excludes halogenated alkanes) is 11. The van der Waals surface area contributed by atoms with Crippen LogP contribution in [0.25, 0.3) is 0 Å². The van der Waals surface area contributed by atoms with Crippen LogP contribution in [0.4, 0.5) is 5.82 Å². The lowest BCUT2D eigenvalue weighted by Crippen LogP contribution is -2.43. The minimum atomic E-state index is -0.731. The molecular formula is C24H41N5O5. The van der Waals surface area contributed by atoms with E-state index in [-0.39, 0.29) is 6.61 Å². The number of hydrogen-bond acceptors (Lipinski definition) is 8. The average Bonchev–Trinajstić information content (AvgIpc) is 2.86. The maximum Gasteiger partial charge on any atom is 0.294 e. The van der Waals surface area contributed by atoms with Gasteiger partial charge in [-0.2, -0.15) is 0 Å². The van der Waals surface area contributed by atoms with Crippen molar-refractivity contribution in [2.75, 3.05) is 44.2 Å². The average molecular weight is 480 g/mol. The molecule has 10 heteroatoms. The third kappa shape index (κ3) is 11.6. The van der Waals surface area contributed by atoms with Crippen LogP contribution in [0, 0.1) is 10.1 Å². The molecule has 1 fully saturated rings. The van der Waals surface area contributed by atoms with Crippen molar-refractivity contribution in [3.8, 4) is 0 Å². The summed E-state index contributed by atoms with van der Waals surface area (Å²) in [6, 6.07) is 3.58. The van der Waals surface area contributed by atoms with Gasteiger partial charge < -0.3 is 15.1 Å². The summed E-state index contributed by atoms with van der Waals surface area (Å²) in [5.74, 6) is 0.465. The molecule has 2 N–H and O–H groups in total. The Morgan fingerprint density at radius 3 is 2.09 bits per heavy atom. The molecule has 0 atom stereocenters. The highest BCUT2D eigenvalue weighted by molar-refractivity contribution is 5.93. The Hall–Kier alpha value is -2.46. The minimum Gasteiger partial charge on any atom is -0.354 e. The van der Waals surface area contributed by atoms with Crippen LogP contribution < -0.4 is 10.2 Å². The van der Waals surface area contributed by atoms with Gasteiger partial charge in [-0.15, -0.1) is 10.1 Å². The van der Waals surface area contributed by atoms with Crippen molar-refractivity contribution in [2.45, 2.75) is 77.0 Å². The molecule has 192 valence electrons. The molecule has 2 rings (SSSR count). The summed E-state index contributed by atoms with van der Waals surface area (Å²) >= 11 is 0. The van der Waals surface area contributed by atoms with Gasteiger partial charge in [0, 0.05) is 38.9 Å². The van der Waals surface area contributed by atoms with Gasteiger partial charge in [-0.1, -0.05) is 64.2 Å². The lowest BCUT2D eigenvalue weighted by Gasteiger charge is -2.28. The number of anilines is 1. The summed E-state index contributed by atoms with van der Waals surface area (Å²) in [7, 11) is 0. The number of hydroxylamine groups is 2. The second-order valence-corrected chi connectivity index (χ2v) is 8.87. The molecule has 0 bridgehead atoms. The number of nitrogens with zero attached hydrogens (tertiary/aromatic N) is 4. The SMILES string of the molecule is O=C(c1ccc(N2CCNCC2)nc1)N(O)CCCCCCCCCCCCCCO[N+](=O)[O-]. The Balaban J connectivity index is 1.43. The number of carbonyl (C=O) groups is 1. The number of rotatable bonds is 18. The standard InChI is InChI=1S/C24H41N5O5/c30-24(22-13-14-23(26-21-22)27-18-15-25-16-19-27)28(31)17-11-9-7-5-3-1-2-4-6-8-10-12-20-34-29(32)33/h13-14,21,25,31H,1-12,15-20H2. The Morgan fingerprint density at radius 2 is 1.56 bits per heavy atom. The summed E-state index contributed by atoms with van der Waals surface area (Å²) in [6.45, 7) is 4.21. The molecule has 0 spiro atoms. The predicted molar refractivity (Wildman–Crippen MR) is 130 cm³/mol. The highest BCUT2D eigenvalue weighted by Gasteiger charge is 2.16. The van der Waals surface area contributed by atoms with Crippen LogP contribution in [-0.2, 0) is 4.84 Å². The van der Waals surface area contributed by atoms with E-state index in [2.05, 4.69) is 20.0 Å². The zero-order chi connectivity index (χ0) is 24.4. The molecule has 1 saturated heterocycles. The summed E-state index contributed by atoms with van der Waals surface area (Å²) < 4.78 is 0. The summed E-state index contributed by atoms with van der Waals surface area (Å²) in [5, 5.41) is 23.5. The number of aromatic nitrogens is 1. The first kappa shape index (κ1) is 27.8. The topological polar surface area (TPSA) is 121 Å². The van der Waals surface area contributed by atoms with Gasteiger partial charge in [0.05, 0.1) is 12.2 Å². The van der Waals surface area contributed by atoms with Crippen molar-refractivity contribution in [1.82, 2.24) is 15.4 Å².